The molecule has 1 aliphatic heterocycles. The molecule has 1 fully saturated rings. The van der Waals surface area contributed by atoms with Crippen molar-refractivity contribution in [3.05, 3.63) is 47.7 Å². The summed E-state index contributed by atoms with van der Waals surface area (Å²) in [5.74, 6) is -1.33. The number of ether oxygens (including phenoxy) is 1. The van der Waals surface area contributed by atoms with Crippen LogP contribution in [0.2, 0.25) is 0 Å². The van der Waals surface area contributed by atoms with E-state index >= 15 is 0 Å². The van der Waals surface area contributed by atoms with E-state index in [2.05, 4.69) is 0 Å². The number of benzene rings is 1. The number of β-amino-alcohol motifs (C(OH)–C–C–N with tert-alkyl or cyclic N) is 1. The Morgan fingerprint density at radius 3 is 2.71 bits per heavy atom. The van der Waals surface area contributed by atoms with E-state index in [0.29, 0.717) is 12.3 Å². The van der Waals surface area contributed by atoms with Crippen LogP contribution in [0.3, 0.4) is 0 Å². The first-order valence-electron chi connectivity index (χ1n) is 7.52. The Bertz CT molecular complexity index is 726. The zero-order valence-electron chi connectivity index (χ0n) is 13.0. The average molecular weight is 337 g/mol. The molecule has 2 aromatic rings. The van der Waals surface area contributed by atoms with E-state index in [4.69, 9.17) is 9.15 Å². The number of halogens is 2. The molecule has 128 valence electrons. The zero-order chi connectivity index (χ0) is 17.3. The summed E-state index contributed by atoms with van der Waals surface area (Å²) < 4.78 is 37.9. The number of esters is 1. The molecule has 0 spiro atoms. The lowest BCUT2D eigenvalue weighted by molar-refractivity contribution is -0.146. The molecule has 1 saturated heterocycles. The van der Waals surface area contributed by atoms with Gasteiger partial charge < -0.3 is 14.3 Å². The minimum absolute atomic E-state index is 0.0787. The molecule has 2 atom stereocenters. The van der Waals surface area contributed by atoms with Crippen molar-refractivity contribution in [3.63, 3.8) is 0 Å². The summed E-state index contributed by atoms with van der Waals surface area (Å²) in [6.07, 6.45) is -0.352. The SMILES string of the molecule is COC(=O)[C@H]1C[C@@H](O)CN1Cc1ccc(-c2c(F)cccc2F)o1. The van der Waals surface area contributed by atoms with Crippen LogP contribution in [0, 0.1) is 11.6 Å². The minimum atomic E-state index is -0.708. The largest absolute Gasteiger partial charge is 0.468 e. The Kier molecular flexibility index (Phi) is 4.64. The van der Waals surface area contributed by atoms with Gasteiger partial charge in [-0.25, -0.2) is 8.78 Å². The number of aliphatic hydroxyl groups excluding tert-OH is 1. The summed E-state index contributed by atoms with van der Waals surface area (Å²) in [6.45, 7) is 0.525. The second-order valence-corrected chi connectivity index (χ2v) is 5.72. The minimum Gasteiger partial charge on any atom is -0.468 e. The lowest BCUT2D eigenvalue weighted by Crippen LogP contribution is -2.36. The van der Waals surface area contributed by atoms with Gasteiger partial charge in [0.25, 0.3) is 0 Å². The molecule has 0 saturated carbocycles. The van der Waals surface area contributed by atoms with Crippen LogP contribution in [0.1, 0.15) is 12.2 Å². The topological polar surface area (TPSA) is 62.9 Å². The van der Waals surface area contributed by atoms with Gasteiger partial charge in [0.1, 0.15) is 29.2 Å². The maximum Gasteiger partial charge on any atom is 0.323 e. The van der Waals surface area contributed by atoms with Crippen molar-refractivity contribution in [1.29, 1.82) is 0 Å². The van der Waals surface area contributed by atoms with Crippen LogP contribution in [-0.2, 0) is 16.1 Å². The number of aliphatic hydroxyl groups is 1. The van der Waals surface area contributed by atoms with Crippen LogP contribution < -0.4 is 0 Å². The zero-order valence-corrected chi connectivity index (χ0v) is 13.0. The molecule has 1 aliphatic rings. The number of nitrogens with zero attached hydrogens (tertiary/aromatic N) is 1. The Hall–Kier alpha value is -2.25. The van der Waals surface area contributed by atoms with Crippen molar-refractivity contribution < 1.29 is 27.8 Å². The standard InChI is InChI=1S/C17H17F2NO4/c1-23-17(22)14-7-10(21)8-20(14)9-11-5-6-15(24-11)16-12(18)3-2-4-13(16)19/h2-6,10,14,21H,7-9H2,1H3/t10-,14-/m1/s1. The first kappa shape index (κ1) is 16.6. The molecule has 0 unspecified atom stereocenters. The van der Waals surface area contributed by atoms with E-state index in [9.17, 15) is 18.7 Å². The van der Waals surface area contributed by atoms with E-state index in [1.165, 1.54) is 19.2 Å². The van der Waals surface area contributed by atoms with Crippen molar-refractivity contribution in [2.24, 2.45) is 0 Å². The third-order valence-corrected chi connectivity index (χ3v) is 4.08. The second kappa shape index (κ2) is 6.70. The molecular weight excluding hydrogens is 320 g/mol. The van der Waals surface area contributed by atoms with Crippen molar-refractivity contribution in [2.45, 2.75) is 25.1 Å². The molecule has 1 aromatic heterocycles. The summed E-state index contributed by atoms with van der Waals surface area (Å²) in [5, 5.41) is 9.77. The number of carbonyl (C=O) groups excluding carboxylic acids is 1. The van der Waals surface area contributed by atoms with E-state index in [0.717, 1.165) is 12.1 Å². The summed E-state index contributed by atoms with van der Waals surface area (Å²) in [6, 6.07) is 6.11. The Balaban J connectivity index is 1.80. The smallest absolute Gasteiger partial charge is 0.323 e. The van der Waals surface area contributed by atoms with Crippen LogP contribution in [0.15, 0.2) is 34.7 Å². The van der Waals surface area contributed by atoms with Crippen molar-refractivity contribution >= 4 is 5.97 Å². The molecule has 1 N–H and O–H groups in total. The van der Waals surface area contributed by atoms with E-state index in [1.807, 2.05) is 0 Å². The maximum atomic E-state index is 13.8. The second-order valence-electron chi connectivity index (χ2n) is 5.72. The van der Waals surface area contributed by atoms with Gasteiger partial charge in [-0.15, -0.1) is 0 Å². The van der Waals surface area contributed by atoms with Gasteiger partial charge in [0.15, 0.2) is 0 Å². The van der Waals surface area contributed by atoms with Gasteiger partial charge >= 0.3 is 5.97 Å². The fraction of sp³-hybridized carbons (Fsp3) is 0.353. The summed E-state index contributed by atoms with van der Waals surface area (Å²) in [5.41, 5.74) is -0.227. The van der Waals surface area contributed by atoms with Crippen LogP contribution in [0.5, 0.6) is 0 Å². The number of hydrogen-bond acceptors (Lipinski definition) is 5. The highest BCUT2D eigenvalue weighted by Crippen LogP contribution is 2.29. The molecule has 0 bridgehead atoms. The van der Waals surface area contributed by atoms with Gasteiger partial charge in [-0.05, 0) is 24.3 Å². The van der Waals surface area contributed by atoms with Gasteiger partial charge in [-0.2, -0.15) is 0 Å². The molecule has 0 aliphatic carbocycles. The normalized spacial score (nSPS) is 21.2. The average Bonchev–Trinajstić information content (AvgIpc) is 3.14. The molecule has 0 radical (unpaired) electrons. The Morgan fingerprint density at radius 2 is 2.04 bits per heavy atom. The first-order chi connectivity index (χ1) is 11.5. The number of likely N-dealkylation sites (tertiary alicyclic amines) is 1. The third-order valence-electron chi connectivity index (χ3n) is 4.08. The fourth-order valence-electron chi connectivity index (χ4n) is 2.97. The highest BCUT2D eigenvalue weighted by molar-refractivity contribution is 5.76. The van der Waals surface area contributed by atoms with Gasteiger partial charge in [0.2, 0.25) is 0 Å². The van der Waals surface area contributed by atoms with E-state index in [-0.39, 0.29) is 24.3 Å². The van der Waals surface area contributed by atoms with Crippen LogP contribution in [0.25, 0.3) is 11.3 Å². The third kappa shape index (κ3) is 3.18. The summed E-state index contributed by atoms with van der Waals surface area (Å²) >= 11 is 0. The lowest BCUT2D eigenvalue weighted by atomic mass is 10.1. The van der Waals surface area contributed by atoms with Crippen LogP contribution >= 0.6 is 0 Å². The molecule has 2 heterocycles. The molecule has 5 nitrogen and oxygen atoms in total. The number of methoxy groups -OCH3 is 1. The number of carbonyl (C=O) groups is 1. The number of rotatable bonds is 4. The fourth-order valence-corrected chi connectivity index (χ4v) is 2.97. The number of hydrogen-bond donors (Lipinski definition) is 1. The van der Waals surface area contributed by atoms with Crippen molar-refractivity contribution in [3.8, 4) is 11.3 Å². The van der Waals surface area contributed by atoms with Gasteiger partial charge in [-0.1, -0.05) is 6.07 Å². The highest BCUT2D eigenvalue weighted by atomic mass is 19.1. The van der Waals surface area contributed by atoms with Crippen molar-refractivity contribution in [1.82, 2.24) is 4.90 Å². The molecule has 7 heteroatoms. The predicted octanol–water partition coefficient (Wildman–Crippen LogP) is 2.33. The highest BCUT2D eigenvalue weighted by Gasteiger charge is 2.37. The molecular formula is C17H17F2NO4. The molecule has 3 rings (SSSR count). The van der Waals surface area contributed by atoms with Crippen molar-refractivity contribution in [2.75, 3.05) is 13.7 Å². The van der Waals surface area contributed by atoms with Crippen LogP contribution in [-0.4, -0.2) is 41.8 Å². The number of furan rings is 1. The Morgan fingerprint density at radius 1 is 1.33 bits per heavy atom. The quantitative estimate of drug-likeness (QED) is 0.868. The Labute approximate surface area is 137 Å². The predicted molar refractivity (Wildman–Crippen MR) is 80.9 cm³/mol. The maximum absolute atomic E-state index is 13.8. The lowest BCUT2D eigenvalue weighted by Gasteiger charge is -2.20. The molecule has 24 heavy (non-hydrogen) atoms. The van der Waals surface area contributed by atoms with Crippen LogP contribution in [0.4, 0.5) is 8.78 Å². The van der Waals surface area contributed by atoms with Gasteiger partial charge in [-0.3, -0.25) is 9.69 Å². The first-order valence-corrected chi connectivity index (χ1v) is 7.52. The summed E-state index contributed by atoms with van der Waals surface area (Å²) in [7, 11) is 1.29. The van der Waals surface area contributed by atoms with E-state index < -0.39 is 29.7 Å². The molecule has 1 aromatic carbocycles. The van der Waals surface area contributed by atoms with E-state index in [1.54, 1.807) is 11.0 Å². The van der Waals surface area contributed by atoms with Gasteiger partial charge in [0, 0.05) is 13.0 Å². The monoisotopic (exact) mass is 337 g/mol. The van der Waals surface area contributed by atoms with Gasteiger partial charge in [0.05, 0.1) is 25.3 Å². The molecule has 0 amide bonds. The summed E-state index contributed by atoms with van der Waals surface area (Å²) in [4.78, 5) is 13.5.